The molecule has 1 aromatic heterocycles. The molecule has 3 rings (SSSR count). The van der Waals surface area contributed by atoms with Gasteiger partial charge in [0.1, 0.15) is 10.9 Å². The van der Waals surface area contributed by atoms with Crippen LogP contribution in [0.4, 0.5) is 5.69 Å². The minimum absolute atomic E-state index is 0.282. The Morgan fingerprint density at radius 2 is 2.05 bits per heavy atom. The molecule has 0 spiro atoms. The third kappa shape index (κ3) is 2.21. The lowest BCUT2D eigenvalue weighted by molar-refractivity contribution is -0.138. The summed E-state index contributed by atoms with van der Waals surface area (Å²) < 4.78 is 0. The summed E-state index contributed by atoms with van der Waals surface area (Å²) in [5, 5.41) is 10.2. The second-order valence-electron chi connectivity index (χ2n) is 5.01. The van der Waals surface area contributed by atoms with E-state index in [1.807, 2.05) is 25.1 Å². The first-order valence-corrected chi connectivity index (χ1v) is 7.39. The molecule has 1 N–H and O–H groups in total. The Morgan fingerprint density at radius 1 is 1.33 bits per heavy atom. The van der Waals surface area contributed by atoms with E-state index in [2.05, 4.69) is 4.98 Å². The zero-order chi connectivity index (χ0) is 15.1. The maximum absolute atomic E-state index is 12.8. The van der Waals surface area contributed by atoms with Crippen LogP contribution in [0.3, 0.4) is 0 Å². The molecular formula is C15H14N2O3S. The number of carbonyl (C=O) groups excluding carboxylic acids is 1. The topological polar surface area (TPSA) is 70.5 Å². The van der Waals surface area contributed by atoms with E-state index in [9.17, 15) is 14.7 Å². The highest BCUT2D eigenvalue weighted by molar-refractivity contribution is 7.13. The van der Waals surface area contributed by atoms with Crippen LogP contribution in [0.25, 0.3) is 0 Å². The molecule has 0 saturated carbocycles. The van der Waals surface area contributed by atoms with Crippen LogP contribution in [0, 0.1) is 13.8 Å². The highest BCUT2D eigenvalue weighted by atomic mass is 32.1. The van der Waals surface area contributed by atoms with Gasteiger partial charge in [0.15, 0.2) is 0 Å². The van der Waals surface area contributed by atoms with Crippen LogP contribution >= 0.6 is 11.3 Å². The zero-order valence-corrected chi connectivity index (χ0v) is 12.5. The molecule has 0 aliphatic carbocycles. The number of aromatic nitrogens is 1. The number of carboxylic acids is 1. The monoisotopic (exact) mass is 302 g/mol. The lowest BCUT2D eigenvalue weighted by atomic mass is 10.1. The maximum atomic E-state index is 12.8. The van der Waals surface area contributed by atoms with Crippen molar-refractivity contribution in [2.75, 3.05) is 4.90 Å². The predicted octanol–water partition coefficient (Wildman–Crippen LogP) is 2.42. The first-order chi connectivity index (χ1) is 9.99. The van der Waals surface area contributed by atoms with Crippen molar-refractivity contribution >= 4 is 28.9 Å². The standard InChI is InChI=1S/C15H14N2O3S/c1-8-13(21-9(2)16-8)14(18)17-11-6-4-3-5-10(11)7-12(17)15(19)20/h3-6,12H,7H2,1-2H3,(H,19,20). The zero-order valence-electron chi connectivity index (χ0n) is 11.7. The molecule has 0 saturated heterocycles. The number of benzene rings is 1. The summed E-state index contributed by atoms with van der Waals surface area (Å²) in [5.41, 5.74) is 2.22. The molecule has 1 aromatic carbocycles. The summed E-state index contributed by atoms with van der Waals surface area (Å²) in [4.78, 5) is 30.4. The quantitative estimate of drug-likeness (QED) is 0.925. The van der Waals surface area contributed by atoms with E-state index in [4.69, 9.17) is 0 Å². The van der Waals surface area contributed by atoms with Gasteiger partial charge in [-0.05, 0) is 25.5 Å². The Hall–Kier alpha value is -2.21. The van der Waals surface area contributed by atoms with Gasteiger partial charge in [-0.1, -0.05) is 18.2 Å². The normalized spacial score (nSPS) is 16.9. The van der Waals surface area contributed by atoms with Crippen LogP contribution in [-0.2, 0) is 11.2 Å². The number of carboxylic acid groups (broad SMARTS) is 1. The Bertz CT molecular complexity index is 738. The number of amides is 1. The molecule has 6 heteroatoms. The third-order valence-electron chi connectivity index (χ3n) is 3.58. The molecule has 21 heavy (non-hydrogen) atoms. The number of hydrogen-bond donors (Lipinski definition) is 1. The van der Waals surface area contributed by atoms with Gasteiger partial charge in [-0.3, -0.25) is 9.69 Å². The van der Waals surface area contributed by atoms with Gasteiger partial charge in [-0.2, -0.15) is 0 Å². The maximum Gasteiger partial charge on any atom is 0.327 e. The number of hydrogen-bond acceptors (Lipinski definition) is 4. The molecule has 1 amide bonds. The van der Waals surface area contributed by atoms with Crippen molar-refractivity contribution in [2.24, 2.45) is 0 Å². The van der Waals surface area contributed by atoms with Crippen LogP contribution in [-0.4, -0.2) is 28.0 Å². The fourth-order valence-corrected chi connectivity index (χ4v) is 3.53. The summed E-state index contributed by atoms with van der Waals surface area (Å²) in [7, 11) is 0. The Labute approximate surface area is 125 Å². The van der Waals surface area contributed by atoms with Crippen LogP contribution in [0.1, 0.15) is 25.9 Å². The molecular weight excluding hydrogens is 288 g/mol. The second kappa shape index (κ2) is 4.96. The van der Waals surface area contributed by atoms with Crippen molar-refractivity contribution in [3.05, 3.63) is 45.4 Å². The van der Waals surface area contributed by atoms with Crippen molar-refractivity contribution in [2.45, 2.75) is 26.3 Å². The minimum Gasteiger partial charge on any atom is -0.480 e. The Morgan fingerprint density at radius 3 is 2.67 bits per heavy atom. The van der Waals surface area contributed by atoms with Crippen molar-refractivity contribution < 1.29 is 14.7 Å². The van der Waals surface area contributed by atoms with Crippen LogP contribution in [0.15, 0.2) is 24.3 Å². The SMILES string of the molecule is Cc1nc(C)c(C(=O)N2c3ccccc3CC2C(=O)O)s1. The molecule has 1 aliphatic rings. The summed E-state index contributed by atoms with van der Waals surface area (Å²) in [5.74, 6) is -1.27. The van der Waals surface area contributed by atoms with Gasteiger partial charge in [-0.25, -0.2) is 9.78 Å². The van der Waals surface area contributed by atoms with E-state index in [-0.39, 0.29) is 5.91 Å². The van der Waals surface area contributed by atoms with Gasteiger partial charge in [-0.15, -0.1) is 11.3 Å². The second-order valence-corrected chi connectivity index (χ2v) is 6.21. The molecule has 2 aromatic rings. The van der Waals surface area contributed by atoms with Crippen LogP contribution in [0.2, 0.25) is 0 Å². The van der Waals surface area contributed by atoms with Gasteiger partial charge in [0.25, 0.3) is 5.91 Å². The Balaban J connectivity index is 2.07. The molecule has 1 unspecified atom stereocenters. The lowest BCUT2D eigenvalue weighted by Gasteiger charge is -2.22. The van der Waals surface area contributed by atoms with E-state index in [0.717, 1.165) is 10.6 Å². The van der Waals surface area contributed by atoms with Gasteiger partial charge < -0.3 is 5.11 Å². The summed E-state index contributed by atoms with van der Waals surface area (Å²) in [6, 6.07) is 6.47. The van der Waals surface area contributed by atoms with E-state index in [1.54, 1.807) is 13.0 Å². The number of aryl methyl sites for hydroxylation is 2. The van der Waals surface area contributed by atoms with E-state index < -0.39 is 12.0 Å². The fraction of sp³-hybridized carbons (Fsp3) is 0.267. The van der Waals surface area contributed by atoms with Crippen LogP contribution in [0.5, 0.6) is 0 Å². The van der Waals surface area contributed by atoms with E-state index in [1.165, 1.54) is 16.2 Å². The molecule has 2 heterocycles. The largest absolute Gasteiger partial charge is 0.480 e. The first kappa shape index (κ1) is 13.8. The predicted molar refractivity (Wildman–Crippen MR) is 80.0 cm³/mol. The molecule has 108 valence electrons. The van der Waals surface area contributed by atoms with Gasteiger partial charge in [0.2, 0.25) is 0 Å². The van der Waals surface area contributed by atoms with Crippen molar-refractivity contribution in [3.8, 4) is 0 Å². The van der Waals surface area contributed by atoms with Crippen LogP contribution < -0.4 is 4.90 Å². The number of carbonyl (C=O) groups is 2. The van der Waals surface area contributed by atoms with Gasteiger partial charge in [0, 0.05) is 12.1 Å². The highest BCUT2D eigenvalue weighted by Crippen LogP contribution is 2.34. The molecule has 0 bridgehead atoms. The van der Waals surface area contributed by atoms with E-state index in [0.29, 0.717) is 22.7 Å². The fourth-order valence-electron chi connectivity index (χ4n) is 2.67. The average molecular weight is 302 g/mol. The van der Waals surface area contributed by atoms with Gasteiger partial charge >= 0.3 is 5.97 Å². The number of para-hydroxylation sites is 1. The Kier molecular flexibility index (Phi) is 3.25. The number of aliphatic carboxylic acids is 1. The summed E-state index contributed by atoms with van der Waals surface area (Å²) in [6.45, 7) is 3.61. The minimum atomic E-state index is -0.988. The molecule has 0 radical (unpaired) electrons. The van der Waals surface area contributed by atoms with Crippen molar-refractivity contribution in [1.29, 1.82) is 0 Å². The smallest absolute Gasteiger partial charge is 0.327 e. The van der Waals surface area contributed by atoms with Crippen molar-refractivity contribution in [1.82, 2.24) is 4.98 Å². The molecule has 1 atom stereocenters. The van der Waals surface area contributed by atoms with Crippen molar-refractivity contribution in [3.63, 3.8) is 0 Å². The summed E-state index contributed by atoms with van der Waals surface area (Å²) in [6.07, 6.45) is 0.341. The molecule has 5 nitrogen and oxygen atoms in total. The molecule has 1 aliphatic heterocycles. The molecule has 0 fully saturated rings. The lowest BCUT2D eigenvalue weighted by Crippen LogP contribution is -2.42. The summed E-state index contributed by atoms with van der Waals surface area (Å²) >= 11 is 1.30. The number of nitrogens with zero attached hydrogens (tertiary/aromatic N) is 2. The number of rotatable bonds is 2. The van der Waals surface area contributed by atoms with Gasteiger partial charge in [0.05, 0.1) is 10.7 Å². The number of anilines is 1. The average Bonchev–Trinajstić information content (AvgIpc) is 2.98. The number of thiazole rings is 1. The highest BCUT2D eigenvalue weighted by Gasteiger charge is 2.39. The third-order valence-corrected chi connectivity index (χ3v) is 4.64. The first-order valence-electron chi connectivity index (χ1n) is 6.57. The van der Waals surface area contributed by atoms with E-state index >= 15 is 0 Å². The number of fused-ring (bicyclic) bond motifs is 1.